The summed E-state index contributed by atoms with van der Waals surface area (Å²) in [5.41, 5.74) is 4.39. The molecule has 0 aliphatic rings. The lowest BCUT2D eigenvalue weighted by molar-refractivity contribution is -0.119. The highest BCUT2D eigenvalue weighted by Crippen LogP contribution is 2.19. The van der Waals surface area contributed by atoms with Crippen LogP contribution in [-0.2, 0) is 15.5 Å². The topological polar surface area (TPSA) is 77.2 Å². The monoisotopic (exact) mass is 215 g/mol. The SMILES string of the molecule is CC(C)(CC(N)=O)C[SH](=O)=O.Cl. The first-order valence-corrected chi connectivity index (χ1v) is 4.60. The van der Waals surface area contributed by atoms with Gasteiger partial charge in [-0.05, 0) is 5.41 Å². The third-order valence-corrected chi connectivity index (χ3v) is 2.32. The average Bonchev–Trinajstić information content (AvgIpc) is 1.53. The van der Waals surface area contributed by atoms with Gasteiger partial charge in [-0.1, -0.05) is 13.8 Å². The maximum absolute atomic E-state index is 10.4. The minimum atomic E-state index is -2.43. The molecule has 0 spiro atoms. The van der Waals surface area contributed by atoms with Crippen LogP contribution >= 0.6 is 12.4 Å². The van der Waals surface area contributed by atoms with Crippen LogP contribution in [0.5, 0.6) is 0 Å². The number of thiol groups is 1. The zero-order chi connectivity index (χ0) is 9.07. The van der Waals surface area contributed by atoms with Gasteiger partial charge in [0.1, 0.15) is 10.7 Å². The molecule has 0 radical (unpaired) electrons. The predicted octanol–water partition coefficient (Wildman–Crippen LogP) is -0.0788. The Kier molecular flexibility index (Phi) is 6.38. The van der Waals surface area contributed by atoms with Crippen LogP contribution in [0.2, 0.25) is 0 Å². The maximum Gasteiger partial charge on any atom is 0.217 e. The first kappa shape index (κ1) is 14.2. The Bertz CT molecular complexity index is 217. The molecule has 12 heavy (non-hydrogen) atoms. The molecule has 0 saturated carbocycles. The summed E-state index contributed by atoms with van der Waals surface area (Å²) >= 11 is 0. The normalized spacial score (nSPS) is 10.9. The van der Waals surface area contributed by atoms with Gasteiger partial charge in [0.05, 0.1) is 5.75 Å². The Hall–Kier alpha value is -0.290. The molecule has 0 aromatic carbocycles. The summed E-state index contributed by atoms with van der Waals surface area (Å²) in [4.78, 5) is 10.4. The van der Waals surface area contributed by atoms with Crippen LogP contribution in [0.15, 0.2) is 0 Å². The predicted molar refractivity (Wildman–Crippen MR) is 50.0 cm³/mol. The number of carbonyl (C=O) groups excluding carboxylic acids is 1. The number of nitrogens with two attached hydrogens (primary N) is 1. The van der Waals surface area contributed by atoms with Crippen molar-refractivity contribution in [2.45, 2.75) is 20.3 Å². The van der Waals surface area contributed by atoms with E-state index >= 15 is 0 Å². The second-order valence-electron chi connectivity index (χ2n) is 3.30. The molecule has 0 aromatic rings. The Labute approximate surface area is 79.9 Å². The van der Waals surface area contributed by atoms with Gasteiger partial charge in [-0.3, -0.25) is 4.79 Å². The lowest BCUT2D eigenvalue weighted by Crippen LogP contribution is -2.26. The largest absolute Gasteiger partial charge is 0.370 e. The summed E-state index contributed by atoms with van der Waals surface area (Å²) in [5.74, 6) is -0.461. The van der Waals surface area contributed by atoms with Crippen molar-refractivity contribution in [3.05, 3.63) is 0 Å². The van der Waals surface area contributed by atoms with Crippen molar-refractivity contribution in [2.24, 2.45) is 11.1 Å². The Morgan fingerprint density at radius 3 is 2.08 bits per heavy atom. The molecule has 74 valence electrons. The van der Waals surface area contributed by atoms with E-state index in [9.17, 15) is 13.2 Å². The summed E-state index contributed by atoms with van der Waals surface area (Å²) in [6.45, 7) is 3.39. The van der Waals surface area contributed by atoms with Crippen LogP contribution in [0.3, 0.4) is 0 Å². The lowest BCUT2D eigenvalue weighted by Gasteiger charge is -2.18. The van der Waals surface area contributed by atoms with Gasteiger partial charge >= 0.3 is 0 Å². The zero-order valence-electron chi connectivity index (χ0n) is 7.07. The molecule has 0 atom stereocenters. The van der Waals surface area contributed by atoms with Gasteiger partial charge in [-0.2, -0.15) is 0 Å². The smallest absolute Gasteiger partial charge is 0.217 e. The molecule has 0 unspecified atom stereocenters. The van der Waals surface area contributed by atoms with E-state index in [2.05, 4.69) is 0 Å². The van der Waals surface area contributed by atoms with E-state index < -0.39 is 22.0 Å². The number of rotatable bonds is 4. The Morgan fingerprint density at radius 2 is 1.83 bits per heavy atom. The van der Waals surface area contributed by atoms with Crippen LogP contribution < -0.4 is 5.73 Å². The van der Waals surface area contributed by atoms with Gasteiger partial charge in [0.2, 0.25) is 5.91 Å². The molecule has 0 aromatic heterocycles. The van der Waals surface area contributed by atoms with Crippen molar-refractivity contribution in [3.8, 4) is 0 Å². The number of amides is 1. The van der Waals surface area contributed by atoms with Crippen LogP contribution in [-0.4, -0.2) is 20.1 Å². The first-order valence-electron chi connectivity index (χ1n) is 3.23. The first-order chi connectivity index (χ1) is 4.83. The van der Waals surface area contributed by atoms with Gasteiger partial charge in [0.15, 0.2) is 0 Å². The third kappa shape index (κ3) is 7.81. The second kappa shape index (κ2) is 5.37. The van der Waals surface area contributed by atoms with Gasteiger partial charge in [-0.25, -0.2) is 8.42 Å². The molecule has 0 bridgehead atoms. The van der Waals surface area contributed by atoms with Gasteiger partial charge < -0.3 is 5.73 Å². The number of hydrogen-bond donors (Lipinski definition) is 2. The summed E-state index contributed by atoms with van der Waals surface area (Å²) in [6, 6.07) is 0. The zero-order valence-corrected chi connectivity index (χ0v) is 8.78. The molecule has 4 nitrogen and oxygen atoms in total. The van der Waals surface area contributed by atoms with E-state index in [0.29, 0.717) is 0 Å². The van der Waals surface area contributed by atoms with E-state index in [1.165, 1.54) is 0 Å². The van der Waals surface area contributed by atoms with Crippen molar-refractivity contribution in [1.29, 1.82) is 0 Å². The van der Waals surface area contributed by atoms with Gasteiger partial charge in [-0.15, -0.1) is 12.4 Å². The summed E-state index contributed by atoms with van der Waals surface area (Å²) < 4.78 is 20.6. The van der Waals surface area contributed by atoms with Crippen molar-refractivity contribution in [1.82, 2.24) is 0 Å². The van der Waals surface area contributed by atoms with E-state index in [4.69, 9.17) is 5.73 Å². The molecule has 0 aliphatic carbocycles. The van der Waals surface area contributed by atoms with Crippen LogP contribution in [0.25, 0.3) is 0 Å². The fourth-order valence-corrected chi connectivity index (χ4v) is 1.69. The molecule has 0 aliphatic heterocycles. The van der Waals surface area contributed by atoms with E-state index in [1.807, 2.05) is 0 Å². The number of primary amides is 1. The summed E-state index contributed by atoms with van der Waals surface area (Å²) in [6.07, 6.45) is 0.107. The maximum atomic E-state index is 10.4. The molecule has 0 heterocycles. The van der Waals surface area contributed by atoms with Crippen molar-refractivity contribution >= 4 is 29.0 Å². The summed E-state index contributed by atoms with van der Waals surface area (Å²) in [7, 11) is -2.43. The summed E-state index contributed by atoms with van der Waals surface area (Å²) in [5, 5.41) is 0. The van der Waals surface area contributed by atoms with Crippen molar-refractivity contribution in [2.75, 3.05) is 5.75 Å². The highest BCUT2D eigenvalue weighted by molar-refractivity contribution is 7.72. The molecule has 2 N–H and O–H groups in total. The fraction of sp³-hybridized carbons (Fsp3) is 0.833. The molecular weight excluding hydrogens is 202 g/mol. The van der Waals surface area contributed by atoms with Crippen molar-refractivity contribution in [3.63, 3.8) is 0 Å². The van der Waals surface area contributed by atoms with Crippen molar-refractivity contribution < 1.29 is 13.2 Å². The highest BCUT2D eigenvalue weighted by atomic mass is 35.5. The Balaban J connectivity index is 0. The minimum absolute atomic E-state index is 0. The lowest BCUT2D eigenvalue weighted by atomic mass is 9.92. The molecule has 6 heteroatoms. The van der Waals surface area contributed by atoms with Crippen LogP contribution in [0, 0.1) is 5.41 Å². The van der Waals surface area contributed by atoms with E-state index in [0.717, 1.165) is 0 Å². The van der Waals surface area contributed by atoms with E-state index in [1.54, 1.807) is 13.8 Å². The number of carbonyl (C=O) groups is 1. The second-order valence-corrected chi connectivity index (χ2v) is 4.28. The van der Waals surface area contributed by atoms with Gasteiger partial charge in [0.25, 0.3) is 0 Å². The molecular formula is C6H14ClNO3S. The van der Waals surface area contributed by atoms with Crippen LogP contribution in [0.1, 0.15) is 20.3 Å². The minimum Gasteiger partial charge on any atom is -0.370 e. The molecule has 0 rings (SSSR count). The molecule has 0 saturated heterocycles. The quantitative estimate of drug-likeness (QED) is 0.644. The standard InChI is InChI=1S/C6H13NO3S.ClH/c1-6(2,3-5(7)8)4-11(9)10;/h11H,3-4H2,1-2H3,(H2,7,8);1H. The van der Waals surface area contributed by atoms with Gasteiger partial charge in [0, 0.05) is 6.42 Å². The fourth-order valence-electron chi connectivity index (χ4n) is 0.877. The van der Waals surface area contributed by atoms with Crippen LogP contribution in [0.4, 0.5) is 0 Å². The molecule has 0 fully saturated rings. The number of halogens is 1. The average molecular weight is 216 g/mol. The third-order valence-electron chi connectivity index (χ3n) is 1.21. The number of hydrogen-bond acceptors (Lipinski definition) is 3. The highest BCUT2D eigenvalue weighted by Gasteiger charge is 2.21. The van der Waals surface area contributed by atoms with E-state index in [-0.39, 0.29) is 24.6 Å². The Morgan fingerprint density at radius 1 is 1.42 bits per heavy atom. The molecule has 1 amide bonds.